The lowest BCUT2D eigenvalue weighted by Gasteiger charge is -2.26. The Hall–Kier alpha value is -2.64. The normalized spacial score (nSPS) is 10.5. The fourth-order valence-electron chi connectivity index (χ4n) is 2.50. The molecule has 0 fully saturated rings. The van der Waals surface area contributed by atoms with Gasteiger partial charge in [-0.3, -0.25) is 10.1 Å². The van der Waals surface area contributed by atoms with Crippen molar-refractivity contribution in [2.45, 2.75) is 0 Å². The minimum absolute atomic E-state index is 0.0210. The molecular formula is C16H19N3O4. The van der Waals surface area contributed by atoms with Gasteiger partial charge in [-0.1, -0.05) is 12.1 Å². The number of nitrogen functional groups attached to an aromatic ring is 1. The number of para-hydroxylation sites is 1. The second-order valence-corrected chi connectivity index (χ2v) is 4.99. The number of nitrogens with two attached hydrogens (primary N) is 1. The molecule has 4 N–H and O–H groups in total. The van der Waals surface area contributed by atoms with E-state index in [1.807, 2.05) is 0 Å². The standard InChI is InChI=1S/C16H19N3O4/c17-12-5-6-15(18(7-9-20)8-10-21)14(11-12)13-3-1-2-4-16(13)19(22)23/h1-6,11,20-21H,7-10,17H2. The zero-order chi connectivity index (χ0) is 16.8. The van der Waals surface area contributed by atoms with Crippen LogP contribution in [0.15, 0.2) is 42.5 Å². The van der Waals surface area contributed by atoms with Crippen molar-refractivity contribution in [3.05, 3.63) is 52.6 Å². The van der Waals surface area contributed by atoms with E-state index in [1.54, 1.807) is 41.3 Å². The van der Waals surface area contributed by atoms with Crippen molar-refractivity contribution in [2.24, 2.45) is 0 Å². The largest absolute Gasteiger partial charge is 0.399 e. The van der Waals surface area contributed by atoms with Gasteiger partial charge in [-0.2, -0.15) is 0 Å². The molecule has 0 spiro atoms. The van der Waals surface area contributed by atoms with Crippen molar-refractivity contribution in [3.63, 3.8) is 0 Å². The molecule has 2 aromatic carbocycles. The summed E-state index contributed by atoms with van der Waals surface area (Å²) in [6.07, 6.45) is 0. The second-order valence-electron chi connectivity index (χ2n) is 4.99. The van der Waals surface area contributed by atoms with Crippen molar-refractivity contribution < 1.29 is 15.1 Å². The molecular weight excluding hydrogens is 298 g/mol. The number of nitro benzene ring substituents is 1. The van der Waals surface area contributed by atoms with Gasteiger partial charge in [0.1, 0.15) is 0 Å². The number of aliphatic hydroxyl groups is 2. The summed E-state index contributed by atoms with van der Waals surface area (Å²) in [5.74, 6) is 0. The molecule has 0 bridgehead atoms. The van der Waals surface area contributed by atoms with Crippen LogP contribution in [0.5, 0.6) is 0 Å². The first-order valence-corrected chi connectivity index (χ1v) is 7.18. The SMILES string of the molecule is Nc1ccc(N(CCO)CCO)c(-c2ccccc2[N+](=O)[O-])c1. The smallest absolute Gasteiger partial charge is 0.277 e. The number of anilines is 2. The second kappa shape index (κ2) is 7.57. The van der Waals surface area contributed by atoms with Crippen LogP contribution in [0.25, 0.3) is 11.1 Å². The van der Waals surface area contributed by atoms with E-state index >= 15 is 0 Å². The topological polar surface area (TPSA) is 113 Å². The van der Waals surface area contributed by atoms with Gasteiger partial charge in [0, 0.05) is 36.1 Å². The molecule has 0 aliphatic heterocycles. The van der Waals surface area contributed by atoms with E-state index < -0.39 is 4.92 Å². The predicted octanol–water partition coefficient (Wildman–Crippen LogP) is 1.64. The highest BCUT2D eigenvalue weighted by Gasteiger charge is 2.19. The van der Waals surface area contributed by atoms with Gasteiger partial charge in [-0.25, -0.2) is 0 Å². The first kappa shape index (κ1) is 16.7. The summed E-state index contributed by atoms with van der Waals surface area (Å²) in [6.45, 7) is 0.414. The molecule has 0 aromatic heterocycles. The number of hydrogen-bond acceptors (Lipinski definition) is 6. The number of nitrogens with zero attached hydrogens (tertiary/aromatic N) is 2. The van der Waals surface area contributed by atoms with E-state index in [4.69, 9.17) is 5.73 Å². The van der Waals surface area contributed by atoms with E-state index in [9.17, 15) is 20.3 Å². The van der Waals surface area contributed by atoms with Crippen molar-refractivity contribution in [2.75, 3.05) is 36.9 Å². The molecule has 23 heavy (non-hydrogen) atoms. The minimum atomic E-state index is -0.440. The fourth-order valence-corrected chi connectivity index (χ4v) is 2.50. The molecule has 7 heteroatoms. The monoisotopic (exact) mass is 317 g/mol. The van der Waals surface area contributed by atoms with Crippen LogP contribution in [0.1, 0.15) is 0 Å². The van der Waals surface area contributed by atoms with Gasteiger partial charge >= 0.3 is 0 Å². The quantitative estimate of drug-likeness (QED) is 0.406. The van der Waals surface area contributed by atoms with Crippen LogP contribution in [0.2, 0.25) is 0 Å². The summed E-state index contributed by atoms with van der Waals surface area (Å²) in [6, 6.07) is 11.5. The molecule has 2 rings (SSSR count). The molecule has 0 unspecified atom stereocenters. The molecule has 0 saturated carbocycles. The molecule has 2 aromatic rings. The van der Waals surface area contributed by atoms with Gasteiger partial charge in [-0.05, 0) is 24.3 Å². The molecule has 7 nitrogen and oxygen atoms in total. The van der Waals surface area contributed by atoms with Crippen LogP contribution in [0, 0.1) is 10.1 Å². The maximum absolute atomic E-state index is 11.3. The number of benzene rings is 2. The van der Waals surface area contributed by atoms with Crippen molar-refractivity contribution >= 4 is 17.1 Å². The van der Waals surface area contributed by atoms with E-state index in [0.29, 0.717) is 35.6 Å². The molecule has 122 valence electrons. The first-order chi connectivity index (χ1) is 11.1. The zero-order valence-electron chi connectivity index (χ0n) is 12.6. The Labute approximate surface area is 133 Å². The van der Waals surface area contributed by atoms with Gasteiger partial charge < -0.3 is 20.8 Å². The van der Waals surface area contributed by atoms with Crippen molar-refractivity contribution in [1.82, 2.24) is 0 Å². The Morgan fingerprint density at radius 2 is 1.70 bits per heavy atom. The van der Waals surface area contributed by atoms with Crippen LogP contribution in [-0.4, -0.2) is 41.4 Å². The highest BCUT2D eigenvalue weighted by atomic mass is 16.6. The Morgan fingerprint density at radius 1 is 1.04 bits per heavy atom. The van der Waals surface area contributed by atoms with Gasteiger partial charge in [0.05, 0.1) is 23.7 Å². The van der Waals surface area contributed by atoms with Crippen LogP contribution in [-0.2, 0) is 0 Å². The third-order valence-electron chi connectivity index (χ3n) is 3.49. The predicted molar refractivity (Wildman–Crippen MR) is 89.3 cm³/mol. The Bertz CT molecular complexity index is 685. The lowest BCUT2D eigenvalue weighted by Crippen LogP contribution is -2.30. The molecule has 0 aliphatic rings. The van der Waals surface area contributed by atoms with E-state index in [2.05, 4.69) is 0 Å². The lowest BCUT2D eigenvalue weighted by molar-refractivity contribution is -0.384. The van der Waals surface area contributed by atoms with Crippen LogP contribution < -0.4 is 10.6 Å². The molecule has 0 radical (unpaired) electrons. The maximum Gasteiger partial charge on any atom is 0.277 e. The van der Waals surface area contributed by atoms with Gasteiger partial charge in [0.15, 0.2) is 0 Å². The first-order valence-electron chi connectivity index (χ1n) is 7.18. The van der Waals surface area contributed by atoms with E-state index in [-0.39, 0.29) is 18.9 Å². The number of aliphatic hydroxyl groups excluding tert-OH is 2. The Kier molecular flexibility index (Phi) is 5.51. The fraction of sp³-hybridized carbons (Fsp3) is 0.250. The zero-order valence-corrected chi connectivity index (χ0v) is 12.6. The molecule has 0 amide bonds. The van der Waals surface area contributed by atoms with Gasteiger partial charge in [-0.15, -0.1) is 0 Å². The summed E-state index contributed by atoms with van der Waals surface area (Å²) < 4.78 is 0. The highest BCUT2D eigenvalue weighted by Crippen LogP contribution is 2.37. The van der Waals surface area contributed by atoms with Gasteiger partial charge in [0.25, 0.3) is 5.69 Å². The number of hydrogen-bond donors (Lipinski definition) is 3. The molecule has 0 heterocycles. The summed E-state index contributed by atoms with van der Waals surface area (Å²) in [5.41, 5.74) is 8.03. The van der Waals surface area contributed by atoms with Crippen LogP contribution in [0.4, 0.5) is 17.1 Å². The third kappa shape index (κ3) is 3.77. The summed E-state index contributed by atoms with van der Waals surface area (Å²) >= 11 is 0. The lowest BCUT2D eigenvalue weighted by atomic mass is 10.00. The average molecular weight is 317 g/mol. The minimum Gasteiger partial charge on any atom is -0.399 e. The maximum atomic E-state index is 11.3. The number of rotatable bonds is 7. The van der Waals surface area contributed by atoms with Crippen LogP contribution in [0.3, 0.4) is 0 Å². The Balaban J connectivity index is 2.62. The molecule has 0 atom stereocenters. The van der Waals surface area contributed by atoms with Crippen molar-refractivity contribution in [3.8, 4) is 11.1 Å². The van der Waals surface area contributed by atoms with Crippen LogP contribution >= 0.6 is 0 Å². The highest BCUT2D eigenvalue weighted by molar-refractivity contribution is 5.86. The van der Waals surface area contributed by atoms with E-state index in [0.717, 1.165) is 0 Å². The number of nitro groups is 1. The third-order valence-corrected chi connectivity index (χ3v) is 3.49. The summed E-state index contributed by atoms with van der Waals surface area (Å²) in [4.78, 5) is 12.6. The summed E-state index contributed by atoms with van der Waals surface area (Å²) in [5, 5.41) is 29.7. The van der Waals surface area contributed by atoms with E-state index in [1.165, 1.54) is 6.07 Å². The van der Waals surface area contributed by atoms with Gasteiger partial charge in [0.2, 0.25) is 0 Å². The molecule has 0 saturated heterocycles. The summed E-state index contributed by atoms with van der Waals surface area (Å²) in [7, 11) is 0. The Morgan fingerprint density at radius 3 is 2.30 bits per heavy atom. The van der Waals surface area contributed by atoms with Crippen molar-refractivity contribution in [1.29, 1.82) is 0 Å². The molecule has 0 aliphatic carbocycles. The average Bonchev–Trinajstić information content (AvgIpc) is 2.54.